The van der Waals surface area contributed by atoms with E-state index in [9.17, 15) is 51.5 Å². The first-order valence-corrected chi connectivity index (χ1v) is 35.1. The summed E-state index contributed by atoms with van der Waals surface area (Å²) in [6.07, 6.45) is -3.02. The van der Waals surface area contributed by atoms with E-state index >= 15 is 19.2 Å². The van der Waals surface area contributed by atoms with Gasteiger partial charge in [-0.15, -0.1) is 0 Å². The molecule has 1 saturated carbocycles. The molecule has 0 radical (unpaired) electrons. The number of amides is 12. The molecular formula is C71H104ClF3N12O12. The Morgan fingerprint density at radius 3 is 1.86 bits per heavy atom. The Bertz CT molecular complexity index is 3290. The first kappa shape index (κ1) is 80.1. The number of fused-ring (bicyclic) bond motifs is 2. The van der Waals surface area contributed by atoms with Crippen molar-refractivity contribution in [1.29, 1.82) is 0 Å². The van der Waals surface area contributed by atoms with Crippen LogP contribution in [-0.4, -0.2) is 238 Å². The van der Waals surface area contributed by atoms with Gasteiger partial charge < -0.3 is 60.5 Å². The minimum Gasteiger partial charge on any atom is -0.347 e. The number of hydrogen-bond donors (Lipinski definition) is 4. The first-order chi connectivity index (χ1) is 46.4. The topological polar surface area (TPSA) is 279 Å². The van der Waals surface area contributed by atoms with Crippen molar-refractivity contribution < 1.29 is 70.7 Å². The van der Waals surface area contributed by atoms with Crippen molar-refractivity contribution in [2.24, 2.45) is 17.8 Å². The molecule has 2 aromatic rings. The molecule has 4 aliphatic rings. The number of rotatable bonds is 13. The van der Waals surface area contributed by atoms with Crippen LogP contribution in [0.5, 0.6) is 0 Å². The van der Waals surface area contributed by atoms with E-state index < -0.39 is 172 Å². The summed E-state index contributed by atoms with van der Waals surface area (Å²) in [6.45, 7) is 15.2. The molecule has 0 unspecified atom stereocenters. The van der Waals surface area contributed by atoms with Gasteiger partial charge in [-0.2, -0.15) is 13.2 Å². The number of likely N-dealkylation sites (N-methyl/N-ethyl adjacent to an activating group) is 6. The summed E-state index contributed by atoms with van der Waals surface area (Å²) >= 11 is 6.14. The number of aryl methyl sites for hydroxylation is 2. The zero-order valence-corrected chi connectivity index (χ0v) is 60.9. The average molecular weight is 1410 g/mol. The van der Waals surface area contributed by atoms with Gasteiger partial charge in [0.25, 0.3) is 0 Å². The Morgan fingerprint density at radius 2 is 1.30 bits per heavy atom. The van der Waals surface area contributed by atoms with Crippen molar-refractivity contribution in [3.05, 3.63) is 69.7 Å². The molecule has 99 heavy (non-hydrogen) atoms. The molecular weight excluding hydrogens is 1310 g/mol. The number of carbonyl (C=O) groups excluding carboxylic acids is 12. The van der Waals surface area contributed by atoms with Gasteiger partial charge in [-0.05, 0) is 113 Å². The van der Waals surface area contributed by atoms with Crippen molar-refractivity contribution in [3.63, 3.8) is 0 Å². The fourth-order valence-electron chi connectivity index (χ4n) is 13.9. The largest absolute Gasteiger partial charge is 0.417 e. The van der Waals surface area contributed by atoms with Gasteiger partial charge in [0.1, 0.15) is 59.9 Å². The Morgan fingerprint density at radius 1 is 0.687 bits per heavy atom. The Balaban J connectivity index is 1.45. The minimum atomic E-state index is -4.77. The van der Waals surface area contributed by atoms with Crippen LogP contribution in [0.1, 0.15) is 155 Å². The number of halogens is 4. The number of benzene rings is 2. The molecule has 24 nitrogen and oxygen atoms in total. The van der Waals surface area contributed by atoms with E-state index in [4.69, 9.17) is 11.6 Å². The van der Waals surface area contributed by atoms with Crippen LogP contribution >= 0.6 is 11.6 Å². The second-order valence-corrected chi connectivity index (χ2v) is 28.6. The Kier molecular flexibility index (Phi) is 27.9. The molecule has 0 bridgehead atoms. The van der Waals surface area contributed by atoms with Crippen LogP contribution in [0.25, 0.3) is 0 Å². The molecule has 28 heteroatoms. The zero-order valence-electron chi connectivity index (χ0n) is 60.2. The maximum atomic E-state index is 15.4. The number of nitrogens with one attached hydrogen (secondary N) is 4. The van der Waals surface area contributed by atoms with E-state index in [0.717, 1.165) is 27.5 Å². The van der Waals surface area contributed by atoms with Crippen molar-refractivity contribution in [2.75, 3.05) is 68.5 Å². The van der Waals surface area contributed by atoms with Gasteiger partial charge in [-0.25, -0.2) is 0 Å². The van der Waals surface area contributed by atoms with E-state index in [0.29, 0.717) is 37.7 Å². The number of nitrogens with zero attached hydrogens (tertiary/aromatic N) is 8. The molecule has 2 aromatic carbocycles. The molecule has 6 rings (SSSR count). The summed E-state index contributed by atoms with van der Waals surface area (Å²) in [6, 6.07) is -1.11. The molecule has 3 aliphatic heterocycles. The number of alkyl halides is 3. The second kappa shape index (κ2) is 34.5. The van der Waals surface area contributed by atoms with E-state index in [-0.39, 0.29) is 82.5 Å². The van der Waals surface area contributed by atoms with Crippen molar-refractivity contribution in [3.8, 4) is 0 Å². The molecule has 3 heterocycles. The monoisotopic (exact) mass is 1410 g/mol. The molecule has 548 valence electrons. The highest BCUT2D eigenvalue weighted by atomic mass is 35.5. The predicted molar refractivity (Wildman–Crippen MR) is 365 cm³/mol. The SMILES string of the molecule is CC[C@H](C)[C@@H]1NC(=O)[C@H](CC(C)C)N(CC)C(=O)C[C@@H](C(=O)N(C)C)N(C)C(=O)[C@H]([C@@H](C)CC)N(C)C(=O)C2(CCCC2)NC(=O)[C@@H]2CCCN2C(=O)[C@H](CCc2ccc(C(F)(F)F)c(Cl)c2)NC(=O)CN(C)C(=O)[C@H](Cc2ccc(C)cc2)N(C)C(=O)[C@@H]2CCN2C(=O)[C@H](C)NC1=O. The normalized spacial score (nSPS) is 26.0. The fraction of sp³-hybridized carbons (Fsp3) is 0.662. The number of hydrogen-bond acceptors (Lipinski definition) is 12. The summed E-state index contributed by atoms with van der Waals surface area (Å²) in [5.74, 6) is -9.56. The van der Waals surface area contributed by atoms with Crippen LogP contribution < -0.4 is 21.3 Å². The molecule has 0 aromatic heterocycles. The summed E-state index contributed by atoms with van der Waals surface area (Å²) in [7, 11) is 8.48. The maximum absolute atomic E-state index is 15.4. The maximum Gasteiger partial charge on any atom is 0.417 e. The van der Waals surface area contributed by atoms with Gasteiger partial charge in [0, 0.05) is 68.3 Å². The molecule has 1 spiro atoms. The third-order valence-electron chi connectivity index (χ3n) is 20.4. The van der Waals surface area contributed by atoms with Gasteiger partial charge in [0.2, 0.25) is 70.9 Å². The van der Waals surface area contributed by atoms with Crippen LogP contribution in [0.3, 0.4) is 0 Å². The number of carbonyl (C=O) groups is 12. The smallest absolute Gasteiger partial charge is 0.347 e. The summed E-state index contributed by atoms with van der Waals surface area (Å²) in [5, 5.41) is 10.8. The minimum absolute atomic E-state index is 0.0137. The third kappa shape index (κ3) is 19.2. The highest BCUT2D eigenvalue weighted by molar-refractivity contribution is 6.31. The van der Waals surface area contributed by atoms with Crippen LogP contribution in [0.4, 0.5) is 13.2 Å². The first-order valence-electron chi connectivity index (χ1n) is 34.7. The van der Waals surface area contributed by atoms with Gasteiger partial charge in [-0.3, -0.25) is 57.5 Å². The fourth-order valence-corrected chi connectivity index (χ4v) is 14.2. The average Bonchev–Trinajstić information content (AvgIpc) is 1.34. The predicted octanol–water partition coefficient (Wildman–Crippen LogP) is 5.12. The van der Waals surface area contributed by atoms with Crippen LogP contribution in [0, 0.1) is 24.7 Å². The van der Waals surface area contributed by atoms with Gasteiger partial charge in [-0.1, -0.05) is 115 Å². The van der Waals surface area contributed by atoms with Crippen LogP contribution in [-0.2, 0) is 76.6 Å². The van der Waals surface area contributed by atoms with E-state index in [1.807, 2.05) is 46.8 Å². The molecule has 12 amide bonds. The standard InChI is InChI=1S/C71H104ClF3N12O12/c1-16-43(7)58-62(92)76-45(9)63(93)87-35-31-52(87)67(97)82(13)54(38-47-25-23-42(6)24-26-47)66(96)81(12)40-56(88)77-50(30-28-46-27-29-48(49(72)37-46)71(73,74)75)64(94)86-34-21-22-51(86)61(91)79-70(32-19-20-33-70)69(99)84(15)59(44(8)17-2)68(98)83(14)55(65(95)80(10)11)39-57(89)85(18-3)53(36-41(4)5)60(90)78-58/h23-27,29,37,41,43-45,50-55,58-59H,16-22,28,30-36,38-40H2,1-15H3,(H,76,92)(H,77,88)(H,78,90)(H,79,91)/t43-,44-,45-,50-,51-,52-,53-,54-,55-,58-,59-/m0/s1. The third-order valence-corrected chi connectivity index (χ3v) is 20.7. The van der Waals surface area contributed by atoms with Crippen molar-refractivity contribution >= 4 is 82.5 Å². The molecule has 4 fully saturated rings. The summed E-state index contributed by atoms with van der Waals surface area (Å²) in [5.41, 5.74) is -0.842. The highest BCUT2D eigenvalue weighted by Gasteiger charge is 2.51. The van der Waals surface area contributed by atoms with Crippen LogP contribution in [0.2, 0.25) is 5.02 Å². The lowest BCUT2D eigenvalue weighted by Crippen LogP contribution is -2.65. The Labute approximate surface area is 585 Å². The lowest BCUT2D eigenvalue weighted by molar-refractivity contribution is -0.157. The molecule has 11 atom stereocenters. The molecule has 1 aliphatic carbocycles. The van der Waals surface area contributed by atoms with Crippen LogP contribution in [0.15, 0.2) is 42.5 Å². The van der Waals surface area contributed by atoms with E-state index in [2.05, 4.69) is 21.3 Å². The lowest BCUT2D eigenvalue weighted by atomic mass is 9.90. The Hall–Kier alpha value is -7.84. The molecule has 4 N–H and O–H groups in total. The highest BCUT2D eigenvalue weighted by Crippen LogP contribution is 2.37. The van der Waals surface area contributed by atoms with Gasteiger partial charge >= 0.3 is 6.18 Å². The van der Waals surface area contributed by atoms with Crippen molar-refractivity contribution in [1.82, 2.24) is 60.5 Å². The second-order valence-electron chi connectivity index (χ2n) is 28.2. The van der Waals surface area contributed by atoms with E-state index in [1.54, 1.807) is 32.9 Å². The summed E-state index contributed by atoms with van der Waals surface area (Å²) in [4.78, 5) is 188. The summed E-state index contributed by atoms with van der Waals surface area (Å²) < 4.78 is 41.6. The van der Waals surface area contributed by atoms with Gasteiger partial charge in [0.15, 0.2) is 0 Å². The van der Waals surface area contributed by atoms with Crippen molar-refractivity contribution in [2.45, 2.75) is 218 Å². The van der Waals surface area contributed by atoms with E-state index in [1.165, 1.54) is 84.7 Å². The van der Waals surface area contributed by atoms with Gasteiger partial charge in [0.05, 0.1) is 23.6 Å². The quantitative estimate of drug-likeness (QED) is 0.203. The zero-order chi connectivity index (χ0) is 73.9. The lowest BCUT2D eigenvalue weighted by Gasteiger charge is -2.44. The molecule has 3 saturated heterocycles.